The van der Waals surface area contributed by atoms with Crippen molar-refractivity contribution >= 4 is 17.7 Å². The van der Waals surface area contributed by atoms with Crippen LogP contribution in [0.4, 0.5) is 0 Å². The Bertz CT molecular complexity index is 345. The second-order valence-electron chi connectivity index (χ2n) is 7.20. The van der Waals surface area contributed by atoms with E-state index in [1.54, 1.807) is 0 Å². The second kappa shape index (κ2) is 9.02. The SMILES string of the molecule is CC(C)CCNC(N)=NCC1(N2CCSCC2)CCCCC1. The minimum absolute atomic E-state index is 0.281. The number of aliphatic imine (C=N–C) groups is 1. The van der Waals surface area contributed by atoms with Crippen LogP contribution in [0.25, 0.3) is 0 Å². The van der Waals surface area contributed by atoms with Crippen LogP contribution in [0.2, 0.25) is 0 Å². The van der Waals surface area contributed by atoms with Crippen LogP contribution in [0.5, 0.6) is 0 Å². The van der Waals surface area contributed by atoms with Gasteiger partial charge in [0, 0.05) is 36.7 Å². The molecule has 0 bridgehead atoms. The topological polar surface area (TPSA) is 53.6 Å². The van der Waals surface area contributed by atoms with Gasteiger partial charge in [-0.2, -0.15) is 11.8 Å². The van der Waals surface area contributed by atoms with E-state index >= 15 is 0 Å². The predicted octanol–water partition coefficient (Wildman–Crippen LogP) is 2.69. The number of thioether (sulfide) groups is 1. The average molecular weight is 327 g/mol. The van der Waals surface area contributed by atoms with Gasteiger partial charge < -0.3 is 11.1 Å². The molecule has 0 aromatic rings. The molecule has 22 heavy (non-hydrogen) atoms. The van der Waals surface area contributed by atoms with Crippen molar-refractivity contribution in [3.05, 3.63) is 0 Å². The number of rotatable bonds is 6. The molecule has 3 N–H and O–H groups in total. The summed E-state index contributed by atoms with van der Waals surface area (Å²) in [5.74, 6) is 3.88. The van der Waals surface area contributed by atoms with Gasteiger partial charge in [-0.3, -0.25) is 9.89 Å². The van der Waals surface area contributed by atoms with E-state index in [9.17, 15) is 0 Å². The molecule has 128 valence electrons. The van der Waals surface area contributed by atoms with Crippen molar-refractivity contribution in [3.8, 4) is 0 Å². The maximum absolute atomic E-state index is 6.08. The first-order valence-corrected chi connectivity index (χ1v) is 10.1. The van der Waals surface area contributed by atoms with E-state index in [1.165, 1.54) is 56.7 Å². The lowest BCUT2D eigenvalue weighted by molar-refractivity contribution is 0.0672. The van der Waals surface area contributed by atoms with Crippen molar-refractivity contribution in [2.45, 2.75) is 57.9 Å². The highest BCUT2D eigenvalue weighted by atomic mass is 32.2. The summed E-state index contributed by atoms with van der Waals surface area (Å²) >= 11 is 2.08. The van der Waals surface area contributed by atoms with E-state index in [0.29, 0.717) is 11.9 Å². The Kier molecular flexibility index (Phi) is 7.35. The first kappa shape index (κ1) is 17.9. The number of guanidine groups is 1. The van der Waals surface area contributed by atoms with E-state index in [-0.39, 0.29) is 5.54 Å². The molecule has 1 aliphatic carbocycles. The van der Waals surface area contributed by atoms with Gasteiger partial charge >= 0.3 is 0 Å². The number of hydrogen-bond donors (Lipinski definition) is 2. The third-order valence-electron chi connectivity index (χ3n) is 5.04. The molecule has 4 nitrogen and oxygen atoms in total. The average Bonchev–Trinajstić information content (AvgIpc) is 2.54. The monoisotopic (exact) mass is 326 g/mol. The highest BCUT2D eigenvalue weighted by Crippen LogP contribution is 2.35. The van der Waals surface area contributed by atoms with Gasteiger partial charge in [-0.05, 0) is 25.2 Å². The summed E-state index contributed by atoms with van der Waals surface area (Å²) in [6, 6.07) is 0. The Hall–Kier alpha value is -0.420. The Balaban J connectivity index is 1.91. The van der Waals surface area contributed by atoms with Crippen molar-refractivity contribution in [1.29, 1.82) is 0 Å². The third-order valence-corrected chi connectivity index (χ3v) is 5.98. The zero-order chi connectivity index (χ0) is 15.8. The van der Waals surface area contributed by atoms with Crippen molar-refractivity contribution < 1.29 is 0 Å². The minimum atomic E-state index is 0.281. The minimum Gasteiger partial charge on any atom is -0.370 e. The van der Waals surface area contributed by atoms with Crippen LogP contribution < -0.4 is 11.1 Å². The summed E-state index contributed by atoms with van der Waals surface area (Å²) in [6.07, 6.45) is 7.81. The van der Waals surface area contributed by atoms with Crippen LogP contribution in [-0.4, -0.2) is 54.1 Å². The summed E-state index contributed by atoms with van der Waals surface area (Å²) in [5, 5.41) is 3.28. The Labute approximate surface area is 140 Å². The molecule has 0 spiro atoms. The van der Waals surface area contributed by atoms with Crippen LogP contribution in [-0.2, 0) is 0 Å². The Morgan fingerprint density at radius 2 is 1.91 bits per heavy atom. The lowest BCUT2D eigenvalue weighted by Gasteiger charge is -2.47. The molecule has 0 unspecified atom stereocenters. The molecule has 0 amide bonds. The number of nitrogens with one attached hydrogen (secondary N) is 1. The summed E-state index contributed by atoms with van der Waals surface area (Å²) < 4.78 is 0. The Morgan fingerprint density at radius 3 is 2.55 bits per heavy atom. The normalized spacial score (nSPS) is 23.7. The molecule has 0 aromatic carbocycles. The number of hydrogen-bond acceptors (Lipinski definition) is 3. The van der Waals surface area contributed by atoms with E-state index in [0.717, 1.165) is 19.5 Å². The molecule has 0 atom stereocenters. The molecule has 2 rings (SSSR count). The molecule has 0 radical (unpaired) electrons. The van der Waals surface area contributed by atoms with Gasteiger partial charge in [0.25, 0.3) is 0 Å². The summed E-state index contributed by atoms with van der Waals surface area (Å²) in [7, 11) is 0. The van der Waals surface area contributed by atoms with E-state index < -0.39 is 0 Å². The molecule has 5 heteroatoms. The highest BCUT2D eigenvalue weighted by molar-refractivity contribution is 7.99. The molecule has 0 aromatic heterocycles. The Morgan fingerprint density at radius 1 is 1.23 bits per heavy atom. The van der Waals surface area contributed by atoms with Gasteiger partial charge in [0.1, 0.15) is 0 Å². The molecule has 1 aliphatic heterocycles. The van der Waals surface area contributed by atoms with Crippen molar-refractivity contribution in [2.75, 3.05) is 37.7 Å². The quantitative estimate of drug-likeness (QED) is 0.582. The molecule has 2 fully saturated rings. The van der Waals surface area contributed by atoms with Gasteiger partial charge in [-0.1, -0.05) is 33.1 Å². The van der Waals surface area contributed by atoms with Crippen LogP contribution >= 0.6 is 11.8 Å². The number of nitrogens with two attached hydrogens (primary N) is 1. The van der Waals surface area contributed by atoms with Gasteiger partial charge in [0.2, 0.25) is 0 Å². The molecule has 1 saturated carbocycles. The van der Waals surface area contributed by atoms with Crippen LogP contribution in [0, 0.1) is 5.92 Å². The first-order chi connectivity index (χ1) is 10.6. The lowest BCUT2D eigenvalue weighted by Crippen LogP contribution is -2.55. The zero-order valence-corrected chi connectivity index (χ0v) is 15.3. The van der Waals surface area contributed by atoms with Crippen LogP contribution in [0.1, 0.15) is 52.4 Å². The number of nitrogens with zero attached hydrogens (tertiary/aromatic N) is 2. The van der Waals surface area contributed by atoms with E-state index in [2.05, 4.69) is 35.8 Å². The van der Waals surface area contributed by atoms with Crippen molar-refractivity contribution in [1.82, 2.24) is 10.2 Å². The summed E-state index contributed by atoms with van der Waals surface area (Å²) in [6.45, 7) is 8.72. The fraction of sp³-hybridized carbons (Fsp3) is 0.941. The fourth-order valence-corrected chi connectivity index (χ4v) is 4.50. The fourth-order valence-electron chi connectivity index (χ4n) is 3.60. The molecule has 1 heterocycles. The summed E-state index contributed by atoms with van der Waals surface area (Å²) in [5.41, 5.74) is 6.36. The van der Waals surface area contributed by atoms with Crippen LogP contribution in [0.3, 0.4) is 0 Å². The van der Waals surface area contributed by atoms with Gasteiger partial charge in [-0.15, -0.1) is 0 Å². The second-order valence-corrected chi connectivity index (χ2v) is 8.42. The standard InChI is InChI=1S/C17H34N4S/c1-15(2)6-9-19-16(18)20-14-17(7-4-3-5-8-17)21-10-12-22-13-11-21/h15H,3-14H2,1-2H3,(H3,18,19,20). The highest BCUT2D eigenvalue weighted by Gasteiger charge is 2.38. The molecular weight excluding hydrogens is 292 g/mol. The molecular formula is C17H34N4S. The lowest BCUT2D eigenvalue weighted by atomic mass is 9.80. The van der Waals surface area contributed by atoms with Gasteiger partial charge in [-0.25, -0.2) is 0 Å². The predicted molar refractivity (Wildman–Crippen MR) is 98.7 cm³/mol. The largest absolute Gasteiger partial charge is 0.370 e. The smallest absolute Gasteiger partial charge is 0.188 e. The molecule has 2 aliphatic rings. The van der Waals surface area contributed by atoms with Crippen molar-refractivity contribution in [3.63, 3.8) is 0 Å². The van der Waals surface area contributed by atoms with Crippen molar-refractivity contribution in [2.24, 2.45) is 16.6 Å². The van der Waals surface area contributed by atoms with E-state index in [1.807, 2.05) is 0 Å². The maximum Gasteiger partial charge on any atom is 0.188 e. The zero-order valence-electron chi connectivity index (χ0n) is 14.4. The maximum atomic E-state index is 6.08. The molecule has 1 saturated heterocycles. The summed E-state index contributed by atoms with van der Waals surface area (Å²) in [4.78, 5) is 7.44. The third kappa shape index (κ3) is 5.34. The van der Waals surface area contributed by atoms with Crippen LogP contribution in [0.15, 0.2) is 4.99 Å². The van der Waals surface area contributed by atoms with Gasteiger partial charge in [0.15, 0.2) is 5.96 Å². The van der Waals surface area contributed by atoms with Gasteiger partial charge in [0.05, 0.1) is 6.54 Å². The first-order valence-electron chi connectivity index (χ1n) is 8.99. The van der Waals surface area contributed by atoms with E-state index in [4.69, 9.17) is 10.7 Å².